The molecule has 0 radical (unpaired) electrons. The highest BCUT2D eigenvalue weighted by molar-refractivity contribution is 5.76. The average Bonchev–Trinajstić information content (AvgIpc) is 2.74. The van der Waals surface area contributed by atoms with Crippen LogP contribution in [0.25, 0.3) is 0 Å². The molecule has 0 aromatic carbocycles. The van der Waals surface area contributed by atoms with Crippen LogP contribution in [0.3, 0.4) is 0 Å². The molecule has 0 aromatic rings. The standard InChI is InChI=1S/C12H19NO2/c14-11(15)12-5-1-2-10(12)7-13(8-12)6-9-3-4-9/h9-10H,1-8H2,(H,14,15)/t10-,12+/m1/s1. The molecule has 84 valence electrons. The predicted molar refractivity (Wildman–Crippen MR) is 56.6 cm³/mol. The molecule has 1 N–H and O–H groups in total. The van der Waals surface area contributed by atoms with E-state index in [1.54, 1.807) is 0 Å². The van der Waals surface area contributed by atoms with Gasteiger partial charge in [0.1, 0.15) is 0 Å². The first-order chi connectivity index (χ1) is 7.21. The van der Waals surface area contributed by atoms with E-state index in [2.05, 4.69) is 4.90 Å². The van der Waals surface area contributed by atoms with Crippen molar-refractivity contribution >= 4 is 5.97 Å². The largest absolute Gasteiger partial charge is 0.481 e. The molecule has 1 aliphatic heterocycles. The fourth-order valence-electron chi connectivity index (χ4n) is 3.55. The third kappa shape index (κ3) is 1.48. The number of fused-ring (bicyclic) bond motifs is 1. The highest BCUT2D eigenvalue weighted by Crippen LogP contribution is 2.49. The third-order valence-electron chi connectivity index (χ3n) is 4.58. The molecule has 3 heteroatoms. The van der Waals surface area contributed by atoms with Crippen molar-refractivity contribution in [2.45, 2.75) is 32.1 Å². The summed E-state index contributed by atoms with van der Waals surface area (Å²) in [5, 5.41) is 9.42. The Balaban J connectivity index is 1.72. The summed E-state index contributed by atoms with van der Waals surface area (Å²) >= 11 is 0. The Bertz CT molecular complexity index is 287. The zero-order valence-electron chi connectivity index (χ0n) is 9.11. The van der Waals surface area contributed by atoms with Gasteiger partial charge in [-0.3, -0.25) is 4.79 Å². The van der Waals surface area contributed by atoms with Crippen molar-refractivity contribution in [1.29, 1.82) is 0 Å². The van der Waals surface area contributed by atoms with Crippen LogP contribution in [-0.2, 0) is 4.79 Å². The Morgan fingerprint density at radius 3 is 2.80 bits per heavy atom. The summed E-state index contributed by atoms with van der Waals surface area (Å²) in [5.41, 5.74) is -0.366. The summed E-state index contributed by atoms with van der Waals surface area (Å²) in [6.45, 7) is 3.03. The molecule has 3 aliphatic rings. The lowest BCUT2D eigenvalue weighted by molar-refractivity contribution is -0.149. The minimum absolute atomic E-state index is 0.366. The molecule has 1 heterocycles. The van der Waals surface area contributed by atoms with E-state index in [0.29, 0.717) is 5.92 Å². The zero-order valence-corrected chi connectivity index (χ0v) is 9.11. The lowest BCUT2D eigenvalue weighted by Gasteiger charge is -2.23. The van der Waals surface area contributed by atoms with Gasteiger partial charge in [-0.25, -0.2) is 0 Å². The van der Waals surface area contributed by atoms with Crippen LogP contribution in [0.5, 0.6) is 0 Å². The van der Waals surface area contributed by atoms with Gasteiger partial charge in [-0.1, -0.05) is 6.42 Å². The fourth-order valence-corrected chi connectivity index (χ4v) is 3.55. The summed E-state index contributed by atoms with van der Waals surface area (Å²) in [5.74, 6) is 0.784. The molecule has 2 atom stereocenters. The molecular formula is C12H19NO2. The highest BCUT2D eigenvalue weighted by atomic mass is 16.4. The number of carbonyl (C=O) groups is 1. The first-order valence-corrected chi connectivity index (χ1v) is 6.16. The minimum atomic E-state index is -0.539. The second-order valence-electron chi connectivity index (χ2n) is 5.69. The zero-order chi connectivity index (χ0) is 10.5. The number of rotatable bonds is 3. The van der Waals surface area contributed by atoms with Crippen molar-refractivity contribution in [1.82, 2.24) is 4.90 Å². The molecule has 2 aliphatic carbocycles. The van der Waals surface area contributed by atoms with E-state index < -0.39 is 5.97 Å². The molecule has 0 aromatic heterocycles. The normalized spacial score (nSPS) is 40.7. The van der Waals surface area contributed by atoms with Gasteiger partial charge in [-0.2, -0.15) is 0 Å². The number of carboxylic acid groups (broad SMARTS) is 1. The first-order valence-electron chi connectivity index (χ1n) is 6.16. The number of hydrogen-bond donors (Lipinski definition) is 1. The van der Waals surface area contributed by atoms with Gasteiger partial charge >= 0.3 is 5.97 Å². The van der Waals surface area contributed by atoms with Gasteiger partial charge in [0.05, 0.1) is 5.41 Å². The molecule has 0 bridgehead atoms. The van der Waals surface area contributed by atoms with Crippen molar-refractivity contribution in [3.63, 3.8) is 0 Å². The Morgan fingerprint density at radius 1 is 1.40 bits per heavy atom. The Hall–Kier alpha value is -0.570. The molecule has 15 heavy (non-hydrogen) atoms. The topological polar surface area (TPSA) is 40.5 Å². The monoisotopic (exact) mass is 209 g/mol. The summed E-state index contributed by atoms with van der Waals surface area (Å²) in [6.07, 6.45) is 5.89. The van der Waals surface area contributed by atoms with E-state index >= 15 is 0 Å². The first kappa shape index (κ1) is 9.64. The summed E-state index contributed by atoms with van der Waals surface area (Å²) in [7, 11) is 0. The Kier molecular flexibility index (Phi) is 2.06. The second-order valence-corrected chi connectivity index (χ2v) is 5.69. The van der Waals surface area contributed by atoms with Crippen LogP contribution < -0.4 is 0 Å². The number of aliphatic carboxylic acids is 1. The lowest BCUT2D eigenvalue weighted by atomic mass is 9.81. The van der Waals surface area contributed by atoms with Gasteiger partial charge in [0.2, 0.25) is 0 Å². The number of nitrogens with zero attached hydrogens (tertiary/aromatic N) is 1. The molecule has 3 nitrogen and oxygen atoms in total. The minimum Gasteiger partial charge on any atom is -0.481 e. The van der Waals surface area contributed by atoms with Crippen LogP contribution in [0, 0.1) is 17.3 Å². The van der Waals surface area contributed by atoms with Crippen LogP contribution in [-0.4, -0.2) is 35.6 Å². The Morgan fingerprint density at radius 2 is 2.20 bits per heavy atom. The smallest absolute Gasteiger partial charge is 0.311 e. The van der Waals surface area contributed by atoms with Crippen molar-refractivity contribution in [2.75, 3.05) is 19.6 Å². The van der Waals surface area contributed by atoms with Gasteiger partial charge in [0.15, 0.2) is 0 Å². The molecule has 3 rings (SSSR count). The summed E-state index contributed by atoms with van der Waals surface area (Å²) in [6, 6.07) is 0. The van der Waals surface area contributed by atoms with E-state index in [1.807, 2.05) is 0 Å². The second kappa shape index (κ2) is 3.21. The third-order valence-corrected chi connectivity index (χ3v) is 4.58. The van der Waals surface area contributed by atoms with Crippen LogP contribution in [0.2, 0.25) is 0 Å². The molecule has 0 unspecified atom stereocenters. The van der Waals surface area contributed by atoms with Gasteiger partial charge in [-0.05, 0) is 37.5 Å². The van der Waals surface area contributed by atoms with Crippen molar-refractivity contribution < 1.29 is 9.90 Å². The number of carboxylic acids is 1. The average molecular weight is 209 g/mol. The van der Waals surface area contributed by atoms with Crippen LogP contribution in [0.4, 0.5) is 0 Å². The van der Waals surface area contributed by atoms with E-state index in [4.69, 9.17) is 0 Å². The predicted octanol–water partition coefficient (Wildman–Crippen LogP) is 1.58. The fraction of sp³-hybridized carbons (Fsp3) is 0.917. The number of likely N-dealkylation sites (tertiary alicyclic amines) is 1. The maximum Gasteiger partial charge on any atom is 0.311 e. The van der Waals surface area contributed by atoms with Gasteiger partial charge in [-0.15, -0.1) is 0 Å². The van der Waals surface area contributed by atoms with E-state index in [1.165, 1.54) is 12.8 Å². The van der Waals surface area contributed by atoms with Crippen molar-refractivity contribution in [2.24, 2.45) is 17.3 Å². The van der Waals surface area contributed by atoms with Crippen LogP contribution in [0.1, 0.15) is 32.1 Å². The summed E-state index contributed by atoms with van der Waals surface area (Å²) < 4.78 is 0. The van der Waals surface area contributed by atoms with E-state index in [-0.39, 0.29) is 5.41 Å². The molecule has 2 saturated carbocycles. The van der Waals surface area contributed by atoms with E-state index in [9.17, 15) is 9.90 Å². The lowest BCUT2D eigenvalue weighted by Crippen LogP contribution is -2.36. The molecule has 1 saturated heterocycles. The van der Waals surface area contributed by atoms with Crippen molar-refractivity contribution in [3.8, 4) is 0 Å². The van der Waals surface area contributed by atoms with Gasteiger partial charge < -0.3 is 10.0 Å². The number of hydrogen-bond acceptors (Lipinski definition) is 2. The molecule has 3 fully saturated rings. The van der Waals surface area contributed by atoms with Gasteiger partial charge in [0.25, 0.3) is 0 Å². The molecule has 0 amide bonds. The van der Waals surface area contributed by atoms with Crippen molar-refractivity contribution in [3.05, 3.63) is 0 Å². The molecular weight excluding hydrogens is 190 g/mol. The van der Waals surface area contributed by atoms with E-state index in [0.717, 1.165) is 44.8 Å². The van der Waals surface area contributed by atoms with Gasteiger partial charge in [0, 0.05) is 19.6 Å². The summed E-state index contributed by atoms with van der Waals surface area (Å²) in [4.78, 5) is 13.8. The Labute approximate surface area is 90.5 Å². The maximum absolute atomic E-state index is 11.4. The quantitative estimate of drug-likeness (QED) is 0.767. The molecule has 0 spiro atoms. The van der Waals surface area contributed by atoms with Crippen LogP contribution >= 0.6 is 0 Å². The SMILES string of the molecule is O=C(O)[C@]12CCC[C@@H]1CN(CC1CC1)C2. The maximum atomic E-state index is 11.4. The highest BCUT2D eigenvalue weighted by Gasteiger charge is 2.54. The van der Waals surface area contributed by atoms with Crippen LogP contribution in [0.15, 0.2) is 0 Å².